The van der Waals surface area contributed by atoms with E-state index in [0.717, 1.165) is 27.6 Å². The first-order chi connectivity index (χ1) is 16.1. The Morgan fingerprint density at radius 1 is 1.06 bits per heavy atom. The average molecular weight is 438 g/mol. The molecule has 8 heteroatoms. The van der Waals surface area contributed by atoms with E-state index in [-0.39, 0.29) is 5.91 Å². The van der Waals surface area contributed by atoms with Crippen molar-refractivity contribution in [2.24, 2.45) is 0 Å². The van der Waals surface area contributed by atoms with Crippen molar-refractivity contribution in [3.8, 4) is 5.75 Å². The van der Waals surface area contributed by atoms with Gasteiger partial charge in [-0.2, -0.15) is 4.52 Å². The van der Waals surface area contributed by atoms with Crippen LogP contribution in [-0.4, -0.2) is 42.9 Å². The van der Waals surface area contributed by atoms with Gasteiger partial charge in [-0.15, -0.1) is 5.10 Å². The lowest BCUT2D eigenvalue weighted by Crippen LogP contribution is -2.30. The number of hydrogen-bond acceptors (Lipinski definition) is 6. The van der Waals surface area contributed by atoms with Crippen molar-refractivity contribution in [3.63, 3.8) is 0 Å². The molecule has 0 fully saturated rings. The summed E-state index contributed by atoms with van der Waals surface area (Å²) in [6.07, 6.45) is 3.48. The van der Waals surface area contributed by atoms with Crippen molar-refractivity contribution in [3.05, 3.63) is 95.3 Å². The highest BCUT2D eigenvalue weighted by Gasteiger charge is 2.21. The molecule has 33 heavy (non-hydrogen) atoms. The third kappa shape index (κ3) is 3.98. The predicted molar refractivity (Wildman–Crippen MR) is 124 cm³/mol. The van der Waals surface area contributed by atoms with Crippen molar-refractivity contribution in [2.45, 2.75) is 20.0 Å². The molecule has 0 saturated carbocycles. The maximum atomic E-state index is 13.6. The van der Waals surface area contributed by atoms with Crippen LogP contribution in [0.2, 0.25) is 0 Å². The molecular formula is C25H22N6O2. The Morgan fingerprint density at radius 2 is 1.94 bits per heavy atom. The van der Waals surface area contributed by atoms with Gasteiger partial charge in [-0.3, -0.25) is 9.78 Å². The number of fused-ring (bicyclic) bond motifs is 3. The summed E-state index contributed by atoms with van der Waals surface area (Å²) in [6.45, 7) is 2.76. The van der Waals surface area contributed by atoms with E-state index in [2.05, 4.69) is 26.6 Å². The fourth-order valence-corrected chi connectivity index (χ4v) is 4.05. The van der Waals surface area contributed by atoms with E-state index in [1.165, 1.54) is 0 Å². The summed E-state index contributed by atoms with van der Waals surface area (Å²) in [5, 5.41) is 13.4. The van der Waals surface area contributed by atoms with Gasteiger partial charge in [-0.25, -0.2) is 0 Å². The standard InChI is InChI=1S/C25H22N6O2/c1-17-6-3-8-19-12-21(24-27-28-29-31(24)23(17)19)16-30(15-18-7-5-11-26-14-18)25(32)20-9-4-10-22(13-20)33-2/h3-14H,15-16H2,1-2H3. The van der Waals surface area contributed by atoms with Gasteiger partial charge in [0.2, 0.25) is 0 Å². The number of carbonyl (C=O) groups excluding carboxylic acids is 1. The Hall–Kier alpha value is -4.33. The second kappa shape index (κ2) is 8.66. The minimum Gasteiger partial charge on any atom is -0.497 e. The number of para-hydroxylation sites is 1. The smallest absolute Gasteiger partial charge is 0.254 e. The van der Waals surface area contributed by atoms with Crippen LogP contribution in [-0.2, 0) is 13.1 Å². The predicted octanol–water partition coefficient (Wildman–Crippen LogP) is 3.83. The molecule has 2 aromatic carbocycles. The Morgan fingerprint density at radius 3 is 2.76 bits per heavy atom. The topological polar surface area (TPSA) is 85.5 Å². The lowest BCUT2D eigenvalue weighted by Gasteiger charge is -2.23. The van der Waals surface area contributed by atoms with Gasteiger partial charge in [-0.1, -0.05) is 30.3 Å². The first-order valence-electron chi connectivity index (χ1n) is 10.6. The molecule has 0 bridgehead atoms. The summed E-state index contributed by atoms with van der Waals surface area (Å²) in [5.74, 6) is 0.514. The van der Waals surface area contributed by atoms with Crippen LogP contribution in [0.1, 0.15) is 27.0 Å². The van der Waals surface area contributed by atoms with E-state index < -0.39 is 0 Å². The van der Waals surface area contributed by atoms with Crippen LogP contribution in [0.5, 0.6) is 5.75 Å². The summed E-state index contributed by atoms with van der Waals surface area (Å²) >= 11 is 0. The molecule has 5 rings (SSSR count). The van der Waals surface area contributed by atoms with Gasteiger partial charge >= 0.3 is 0 Å². The van der Waals surface area contributed by atoms with Crippen LogP contribution < -0.4 is 4.74 Å². The molecule has 1 amide bonds. The summed E-state index contributed by atoms with van der Waals surface area (Å²) in [6, 6.07) is 19.1. The second-order valence-corrected chi connectivity index (χ2v) is 7.85. The van der Waals surface area contributed by atoms with Crippen LogP contribution in [0.15, 0.2) is 73.1 Å². The molecular weight excluding hydrogens is 416 g/mol. The maximum Gasteiger partial charge on any atom is 0.254 e. The minimum absolute atomic E-state index is 0.118. The van der Waals surface area contributed by atoms with Crippen molar-refractivity contribution < 1.29 is 9.53 Å². The zero-order valence-corrected chi connectivity index (χ0v) is 18.3. The van der Waals surface area contributed by atoms with Crippen LogP contribution in [0.25, 0.3) is 16.6 Å². The number of methoxy groups -OCH3 is 1. The lowest BCUT2D eigenvalue weighted by atomic mass is 10.1. The molecule has 3 aromatic heterocycles. The number of hydrogen-bond donors (Lipinski definition) is 0. The van der Waals surface area contributed by atoms with Crippen LogP contribution in [0.4, 0.5) is 0 Å². The fraction of sp³-hybridized carbons (Fsp3) is 0.160. The van der Waals surface area contributed by atoms with Crippen molar-refractivity contribution >= 4 is 22.5 Å². The van der Waals surface area contributed by atoms with E-state index >= 15 is 0 Å². The Labute approximate surface area is 190 Å². The molecule has 0 spiro atoms. The Kier molecular flexibility index (Phi) is 5.40. The lowest BCUT2D eigenvalue weighted by molar-refractivity contribution is 0.0730. The molecule has 0 unspecified atom stereocenters. The minimum atomic E-state index is -0.118. The van der Waals surface area contributed by atoms with Crippen molar-refractivity contribution in [2.75, 3.05) is 7.11 Å². The number of nitrogens with zero attached hydrogens (tertiary/aromatic N) is 6. The Bertz CT molecular complexity index is 1450. The van der Waals surface area contributed by atoms with Gasteiger partial charge in [0.1, 0.15) is 5.75 Å². The van der Waals surface area contributed by atoms with Gasteiger partial charge in [0.15, 0.2) is 5.65 Å². The highest BCUT2D eigenvalue weighted by Crippen LogP contribution is 2.24. The van der Waals surface area contributed by atoms with E-state index in [0.29, 0.717) is 30.0 Å². The van der Waals surface area contributed by atoms with E-state index in [9.17, 15) is 4.79 Å². The summed E-state index contributed by atoms with van der Waals surface area (Å²) in [5.41, 5.74) is 5.01. The normalized spacial score (nSPS) is 11.1. The van der Waals surface area contributed by atoms with Gasteiger partial charge in [0.05, 0.1) is 19.2 Å². The summed E-state index contributed by atoms with van der Waals surface area (Å²) in [7, 11) is 1.59. The number of pyridine rings is 2. The third-order valence-electron chi connectivity index (χ3n) is 5.63. The quantitative estimate of drug-likeness (QED) is 0.401. The molecule has 5 aromatic rings. The Balaban J connectivity index is 1.59. The van der Waals surface area contributed by atoms with Crippen molar-refractivity contribution in [1.29, 1.82) is 0 Å². The summed E-state index contributed by atoms with van der Waals surface area (Å²) < 4.78 is 7.07. The van der Waals surface area contributed by atoms with Crippen LogP contribution >= 0.6 is 0 Å². The highest BCUT2D eigenvalue weighted by atomic mass is 16.5. The fourth-order valence-electron chi connectivity index (χ4n) is 4.05. The molecule has 0 radical (unpaired) electrons. The van der Waals surface area contributed by atoms with E-state index in [1.807, 2.05) is 49.4 Å². The van der Waals surface area contributed by atoms with Crippen LogP contribution in [0.3, 0.4) is 0 Å². The first-order valence-corrected chi connectivity index (χ1v) is 10.6. The monoisotopic (exact) mass is 438 g/mol. The van der Waals surface area contributed by atoms with Gasteiger partial charge in [-0.05, 0) is 58.8 Å². The number of aryl methyl sites for hydroxylation is 1. The number of amides is 1. The average Bonchev–Trinajstić information content (AvgIpc) is 3.34. The molecule has 164 valence electrons. The largest absolute Gasteiger partial charge is 0.497 e. The van der Waals surface area contributed by atoms with Gasteiger partial charge < -0.3 is 9.64 Å². The first kappa shape index (κ1) is 20.6. The van der Waals surface area contributed by atoms with Crippen LogP contribution in [0, 0.1) is 6.92 Å². The van der Waals surface area contributed by atoms with Gasteiger partial charge in [0, 0.05) is 35.5 Å². The number of ether oxygens (including phenoxy) is 1. The molecule has 0 saturated heterocycles. The van der Waals surface area contributed by atoms with E-state index in [4.69, 9.17) is 4.74 Å². The SMILES string of the molecule is COc1cccc(C(=O)N(Cc2cccnc2)Cc2cc3cccc(C)c3n3nnnc23)c1. The maximum absolute atomic E-state index is 13.6. The number of rotatable bonds is 6. The molecule has 0 N–H and O–H groups in total. The van der Waals surface area contributed by atoms with E-state index in [1.54, 1.807) is 41.1 Å². The number of aromatic nitrogens is 5. The number of benzene rings is 2. The summed E-state index contributed by atoms with van der Waals surface area (Å²) in [4.78, 5) is 19.6. The molecule has 8 nitrogen and oxygen atoms in total. The molecule has 0 aliphatic heterocycles. The number of tetrazole rings is 1. The number of carbonyl (C=O) groups is 1. The zero-order valence-electron chi connectivity index (χ0n) is 18.3. The third-order valence-corrected chi connectivity index (χ3v) is 5.63. The zero-order chi connectivity index (χ0) is 22.8. The highest BCUT2D eigenvalue weighted by molar-refractivity contribution is 5.95. The molecule has 0 atom stereocenters. The molecule has 0 aliphatic rings. The molecule has 3 heterocycles. The second-order valence-electron chi connectivity index (χ2n) is 7.85. The van der Waals surface area contributed by atoms with Gasteiger partial charge in [0.25, 0.3) is 5.91 Å². The van der Waals surface area contributed by atoms with Crippen molar-refractivity contribution in [1.82, 2.24) is 29.9 Å². The molecule has 0 aliphatic carbocycles.